The fourth-order valence-electron chi connectivity index (χ4n) is 2.80. The summed E-state index contributed by atoms with van der Waals surface area (Å²) in [6.07, 6.45) is 3.47. The van der Waals surface area contributed by atoms with Crippen molar-refractivity contribution in [2.75, 3.05) is 25.0 Å². The molecule has 0 aliphatic carbocycles. The summed E-state index contributed by atoms with van der Waals surface area (Å²) in [5, 5.41) is 6.73. The molecule has 1 aliphatic rings. The van der Waals surface area contributed by atoms with Crippen molar-refractivity contribution >= 4 is 34.9 Å². The number of urea groups is 1. The van der Waals surface area contributed by atoms with Crippen LogP contribution in [0.1, 0.15) is 33.1 Å². The maximum absolute atomic E-state index is 12.1. The fraction of sp³-hybridized carbons (Fsp3) is 0.588. The highest BCUT2D eigenvalue weighted by molar-refractivity contribution is 6.42. The second-order valence-corrected chi connectivity index (χ2v) is 7.36. The number of halogens is 2. The number of amides is 2. The quantitative estimate of drug-likeness (QED) is 0.779. The molecule has 1 aromatic rings. The van der Waals surface area contributed by atoms with Crippen LogP contribution in [0.2, 0.25) is 10.0 Å². The minimum Gasteiger partial charge on any atom is -0.334 e. The molecule has 128 valence electrons. The zero-order valence-corrected chi connectivity index (χ0v) is 15.3. The summed E-state index contributed by atoms with van der Waals surface area (Å²) in [5.74, 6) is 0.753. The van der Waals surface area contributed by atoms with Crippen LogP contribution in [0.3, 0.4) is 0 Å². The van der Waals surface area contributed by atoms with Gasteiger partial charge < -0.3 is 15.5 Å². The van der Waals surface area contributed by atoms with Gasteiger partial charge in [-0.25, -0.2) is 4.79 Å². The van der Waals surface area contributed by atoms with E-state index in [2.05, 4.69) is 29.4 Å². The number of hydrogen-bond donors (Lipinski definition) is 2. The smallest absolute Gasteiger partial charge is 0.319 e. The molecule has 2 N–H and O–H groups in total. The van der Waals surface area contributed by atoms with Gasteiger partial charge in [0.1, 0.15) is 0 Å². The molecule has 1 unspecified atom stereocenters. The molecule has 0 aromatic heterocycles. The maximum atomic E-state index is 12.1. The van der Waals surface area contributed by atoms with Gasteiger partial charge in [-0.3, -0.25) is 0 Å². The van der Waals surface area contributed by atoms with Crippen molar-refractivity contribution in [3.05, 3.63) is 28.2 Å². The SMILES string of the molecule is CC(C)CCCN1CCC(NC(=O)Nc2ccc(Cl)c(Cl)c2)C1. The summed E-state index contributed by atoms with van der Waals surface area (Å²) in [5.41, 5.74) is 0.642. The van der Waals surface area contributed by atoms with Gasteiger partial charge in [-0.1, -0.05) is 37.0 Å². The van der Waals surface area contributed by atoms with Gasteiger partial charge in [-0.05, 0) is 49.9 Å². The monoisotopic (exact) mass is 357 g/mol. The van der Waals surface area contributed by atoms with Gasteiger partial charge in [0.05, 0.1) is 10.0 Å². The van der Waals surface area contributed by atoms with Crippen molar-refractivity contribution in [1.82, 2.24) is 10.2 Å². The summed E-state index contributed by atoms with van der Waals surface area (Å²) >= 11 is 11.8. The Morgan fingerprint density at radius 1 is 1.35 bits per heavy atom. The molecule has 2 amide bonds. The highest BCUT2D eigenvalue weighted by atomic mass is 35.5. The number of hydrogen-bond acceptors (Lipinski definition) is 2. The summed E-state index contributed by atoms with van der Waals surface area (Å²) in [6.45, 7) is 7.59. The molecule has 23 heavy (non-hydrogen) atoms. The number of likely N-dealkylation sites (tertiary alicyclic amines) is 1. The Morgan fingerprint density at radius 3 is 2.83 bits per heavy atom. The van der Waals surface area contributed by atoms with Crippen LogP contribution in [-0.4, -0.2) is 36.6 Å². The van der Waals surface area contributed by atoms with E-state index in [9.17, 15) is 4.79 Å². The first kappa shape index (κ1) is 18.4. The van der Waals surface area contributed by atoms with Crippen molar-refractivity contribution in [3.63, 3.8) is 0 Å². The van der Waals surface area contributed by atoms with Crippen molar-refractivity contribution in [2.45, 2.75) is 39.2 Å². The summed E-state index contributed by atoms with van der Waals surface area (Å²) in [6, 6.07) is 5.07. The molecule has 4 nitrogen and oxygen atoms in total. The van der Waals surface area contributed by atoms with Crippen LogP contribution in [0.15, 0.2) is 18.2 Å². The van der Waals surface area contributed by atoms with Crippen molar-refractivity contribution in [1.29, 1.82) is 0 Å². The minimum atomic E-state index is -0.197. The van der Waals surface area contributed by atoms with Crippen LogP contribution in [0, 0.1) is 5.92 Å². The van der Waals surface area contributed by atoms with Crippen LogP contribution < -0.4 is 10.6 Å². The van der Waals surface area contributed by atoms with Gasteiger partial charge in [0.2, 0.25) is 0 Å². The average molecular weight is 358 g/mol. The summed E-state index contributed by atoms with van der Waals surface area (Å²) in [7, 11) is 0. The lowest BCUT2D eigenvalue weighted by molar-refractivity contribution is 0.247. The van der Waals surface area contributed by atoms with E-state index in [4.69, 9.17) is 23.2 Å². The van der Waals surface area contributed by atoms with Gasteiger partial charge in [-0.2, -0.15) is 0 Å². The normalized spacial score (nSPS) is 18.4. The van der Waals surface area contributed by atoms with E-state index in [0.717, 1.165) is 32.0 Å². The second-order valence-electron chi connectivity index (χ2n) is 6.55. The maximum Gasteiger partial charge on any atom is 0.319 e. The fourth-order valence-corrected chi connectivity index (χ4v) is 3.10. The minimum absolute atomic E-state index is 0.197. The lowest BCUT2D eigenvalue weighted by atomic mass is 10.1. The van der Waals surface area contributed by atoms with Gasteiger partial charge in [0.25, 0.3) is 0 Å². The predicted molar refractivity (Wildman–Crippen MR) is 97.5 cm³/mol. The lowest BCUT2D eigenvalue weighted by Gasteiger charge is -2.17. The van der Waals surface area contributed by atoms with E-state index in [1.165, 1.54) is 12.8 Å². The van der Waals surface area contributed by atoms with E-state index in [0.29, 0.717) is 15.7 Å². The first-order chi connectivity index (χ1) is 10.9. The third kappa shape index (κ3) is 6.21. The van der Waals surface area contributed by atoms with E-state index >= 15 is 0 Å². The highest BCUT2D eigenvalue weighted by Crippen LogP contribution is 2.25. The van der Waals surface area contributed by atoms with Crippen molar-refractivity contribution in [3.8, 4) is 0 Å². The van der Waals surface area contributed by atoms with Gasteiger partial charge in [0, 0.05) is 24.8 Å². The molecule has 1 atom stereocenters. The number of carbonyl (C=O) groups is 1. The van der Waals surface area contributed by atoms with Crippen LogP contribution >= 0.6 is 23.2 Å². The molecule has 0 saturated carbocycles. The van der Waals surface area contributed by atoms with Crippen LogP contribution in [-0.2, 0) is 0 Å². The molecule has 1 heterocycles. The second kappa shape index (κ2) is 8.76. The standard InChI is InChI=1S/C17H25Cl2N3O/c1-12(2)4-3-8-22-9-7-14(11-22)21-17(23)20-13-5-6-15(18)16(19)10-13/h5-6,10,12,14H,3-4,7-9,11H2,1-2H3,(H2,20,21,23). The molecule has 2 rings (SSSR count). The number of nitrogens with one attached hydrogen (secondary N) is 2. The average Bonchev–Trinajstić information content (AvgIpc) is 2.90. The topological polar surface area (TPSA) is 44.4 Å². The molecule has 1 fully saturated rings. The zero-order chi connectivity index (χ0) is 16.8. The van der Waals surface area contributed by atoms with Crippen LogP contribution in [0.4, 0.5) is 10.5 Å². The molecule has 0 spiro atoms. The summed E-state index contributed by atoms with van der Waals surface area (Å²) in [4.78, 5) is 14.5. The molecular formula is C17H25Cl2N3O. The Kier molecular flexibility index (Phi) is 7.00. The van der Waals surface area contributed by atoms with Crippen molar-refractivity contribution < 1.29 is 4.79 Å². The zero-order valence-electron chi connectivity index (χ0n) is 13.7. The van der Waals surface area contributed by atoms with Gasteiger partial charge >= 0.3 is 6.03 Å². The highest BCUT2D eigenvalue weighted by Gasteiger charge is 2.23. The number of carbonyl (C=O) groups excluding carboxylic acids is 1. The largest absolute Gasteiger partial charge is 0.334 e. The van der Waals surface area contributed by atoms with Crippen LogP contribution in [0.25, 0.3) is 0 Å². The Hall–Kier alpha value is -0.970. The lowest BCUT2D eigenvalue weighted by Crippen LogP contribution is -2.39. The third-order valence-corrected chi connectivity index (χ3v) is 4.78. The third-order valence-electron chi connectivity index (χ3n) is 4.04. The Labute approximate surface area is 148 Å². The van der Waals surface area contributed by atoms with E-state index < -0.39 is 0 Å². The molecule has 0 bridgehead atoms. The van der Waals surface area contributed by atoms with Crippen molar-refractivity contribution in [2.24, 2.45) is 5.92 Å². The first-order valence-corrected chi connectivity index (χ1v) is 8.94. The van der Waals surface area contributed by atoms with E-state index in [1.807, 2.05) is 0 Å². The summed E-state index contributed by atoms with van der Waals surface area (Å²) < 4.78 is 0. The number of nitrogens with zero attached hydrogens (tertiary/aromatic N) is 1. The Bertz CT molecular complexity index is 537. The predicted octanol–water partition coefficient (Wildman–Crippen LogP) is 4.63. The molecule has 6 heteroatoms. The van der Waals surface area contributed by atoms with Gasteiger partial charge in [-0.15, -0.1) is 0 Å². The van der Waals surface area contributed by atoms with Crippen LogP contribution in [0.5, 0.6) is 0 Å². The van der Waals surface area contributed by atoms with E-state index in [-0.39, 0.29) is 12.1 Å². The van der Waals surface area contributed by atoms with E-state index in [1.54, 1.807) is 18.2 Å². The first-order valence-electron chi connectivity index (χ1n) is 8.19. The Balaban J connectivity index is 1.72. The van der Waals surface area contributed by atoms with Gasteiger partial charge in [0.15, 0.2) is 0 Å². The molecular weight excluding hydrogens is 333 g/mol. The molecule has 1 aromatic carbocycles. The molecule has 0 radical (unpaired) electrons. The molecule has 1 saturated heterocycles. The number of anilines is 1. The number of benzene rings is 1. The Morgan fingerprint density at radius 2 is 2.13 bits per heavy atom. The molecule has 1 aliphatic heterocycles. The number of rotatable bonds is 6.